The van der Waals surface area contributed by atoms with E-state index in [9.17, 15) is 0 Å². The first-order chi connectivity index (χ1) is 29.7. The average Bonchev–Trinajstić information content (AvgIpc) is 3.91. The summed E-state index contributed by atoms with van der Waals surface area (Å²) in [7, 11) is 0. The lowest BCUT2D eigenvalue weighted by atomic mass is 9.93. The number of furan rings is 2. The van der Waals surface area contributed by atoms with Crippen LogP contribution in [0, 0.1) is 0 Å². The molecule has 0 saturated carbocycles. The number of rotatable bonds is 6. The molecule has 5 nitrogen and oxygen atoms in total. The van der Waals surface area contributed by atoms with Gasteiger partial charge < -0.3 is 8.83 Å². The Morgan fingerprint density at radius 3 is 1.50 bits per heavy atom. The van der Waals surface area contributed by atoms with Crippen LogP contribution in [0.3, 0.4) is 0 Å². The number of aromatic nitrogens is 3. The molecule has 280 valence electrons. The predicted molar refractivity (Wildman–Crippen MR) is 245 cm³/mol. The Morgan fingerprint density at radius 2 is 0.817 bits per heavy atom. The van der Waals surface area contributed by atoms with Crippen LogP contribution in [0.15, 0.2) is 209 Å². The summed E-state index contributed by atoms with van der Waals surface area (Å²) in [4.78, 5) is 15.4. The van der Waals surface area contributed by atoms with Crippen LogP contribution >= 0.6 is 0 Å². The van der Waals surface area contributed by atoms with Gasteiger partial charge >= 0.3 is 0 Å². The van der Waals surface area contributed by atoms with E-state index in [1.54, 1.807) is 0 Å². The number of hydrogen-bond donors (Lipinski definition) is 0. The van der Waals surface area contributed by atoms with E-state index in [2.05, 4.69) is 121 Å². The van der Waals surface area contributed by atoms with Gasteiger partial charge in [0.25, 0.3) is 0 Å². The molecular weight excluding hydrogens is 735 g/mol. The van der Waals surface area contributed by atoms with Crippen molar-refractivity contribution in [3.63, 3.8) is 0 Å². The van der Waals surface area contributed by atoms with E-state index < -0.39 is 0 Å². The number of pyridine rings is 1. The fraction of sp³-hybridized carbons (Fsp3) is 0. The van der Waals surface area contributed by atoms with E-state index in [1.807, 2.05) is 78.9 Å². The summed E-state index contributed by atoms with van der Waals surface area (Å²) in [5.74, 6) is 0.686. The minimum absolute atomic E-state index is 0.686. The van der Waals surface area contributed by atoms with Gasteiger partial charge in [0.05, 0.1) is 16.9 Å². The van der Waals surface area contributed by atoms with Crippen LogP contribution in [0.4, 0.5) is 0 Å². The second-order valence-corrected chi connectivity index (χ2v) is 15.1. The smallest absolute Gasteiger partial charge is 0.162 e. The van der Waals surface area contributed by atoms with Gasteiger partial charge in [-0.15, -0.1) is 0 Å². The highest BCUT2D eigenvalue weighted by atomic mass is 16.3. The summed E-state index contributed by atoms with van der Waals surface area (Å²) in [5.41, 5.74) is 15.2. The number of para-hydroxylation sites is 2. The van der Waals surface area contributed by atoms with Gasteiger partial charge in [-0.1, -0.05) is 170 Å². The van der Waals surface area contributed by atoms with Crippen molar-refractivity contribution < 1.29 is 8.83 Å². The van der Waals surface area contributed by atoms with Crippen LogP contribution < -0.4 is 0 Å². The first-order valence-electron chi connectivity index (χ1n) is 20.1. The Labute approximate surface area is 344 Å². The first kappa shape index (κ1) is 33.9. The van der Waals surface area contributed by atoms with Crippen LogP contribution in [-0.2, 0) is 0 Å². The second-order valence-electron chi connectivity index (χ2n) is 15.1. The standard InChI is InChI=1S/C55H33N3O2/c1-3-13-36(14-4-1)45-33-46(58-55(57-45)39-15-5-2-6-16-39)37-29-31-38(32-30-37)53-54-52(43-18-8-10-23-48(43)60-54)51-41(19-11-21-44(51)56-53)35-27-25-34(26-28-35)40-20-12-24-49-50(40)42-17-7-9-22-47(42)59-49/h1-33H. The molecule has 12 rings (SSSR count). The third-order valence-corrected chi connectivity index (χ3v) is 11.5. The SMILES string of the molecule is c1ccc(-c2cc(-c3ccc(-c4nc5cccc(-c6ccc(-c7cccc8oc9ccccc9c78)cc6)c5c5c4oc4ccccc45)cc3)nc(-c3ccccc3)n2)cc1. The summed E-state index contributed by atoms with van der Waals surface area (Å²) in [6.07, 6.45) is 0. The third-order valence-electron chi connectivity index (χ3n) is 11.5. The van der Waals surface area contributed by atoms with Gasteiger partial charge in [-0.3, -0.25) is 0 Å². The molecular formula is C55H33N3O2. The summed E-state index contributed by atoms with van der Waals surface area (Å²) >= 11 is 0. The molecule has 0 aliphatic rings. The van der Waals surface area contributed by atoms with E-state index in [0.717, 1.165) is 116 Å². The maximum absolute atomic E-state index is 6.73. The van der Waals surface area contributed by atoms with Gasteiger partial charge in [-0.25, -0.2) is 15.0 Å². The summed E-state index contributed by atoms with van der Waals surface area (Å²) < 4.78 is 12.9. The number of nitrogens with zero attached hydrogens (tertiary/aromatic N) is 3. The molecule has 0 aliphatic heterocycles. The normalized spacial score (nSPS) is 11.7. The van der Waals surface area contributed by atoms with Crippen molar-refractivity contribution in [3.8, 4) is 67.4 Å². The fourth-order valence-corrected chi connectivity index (χ4v) is 8.68. The molecule has 5 heteroatoms. The molecule has 0 bridgehead atoms. The largest absolute Gasteiger partial charge is 0.456 e. The molecule has 0 spiro atoms. The summed E-state index contributed by atoms with van der Waals surface area (Å²) in [5, 5.41) is 5.43. The van der Waals surface area contributed by atoms with E-state index in [1.165, 1.54) is 0 Å². The van der Waals surface area contributed by atoms with Crippen LogP contribution in [-0.4, -0.2) is 15.0 Å². The monoisotopic (exact) mass is 767 g/mol. The third kappa shape index (κ3) is 5.59. The molecule has 0 saturated heterocycles. The molecule has 8 aromatic carbocycles. The van der Waals surface area contributed by atoms with Gasteiger partial charge in [0.15, 0.2) is 11.4 Å². The molecule has 0 atom stereocenters. The van der Waals surface area contributed by atoms with Gasteiger partial charge in [0.2, 0.25) is 0 Å². The Kier molecular flexibility index (Phi) is 7.78. The van der Waals surface area contributed by atoms with Gasteiger partial charge in [-0.05, 0) is 52.6 Å². The van der Waals surface area contributed by atoms with Crippen LogP contribution in [0.2, 0.25) is 0 Å². The van der Waals surface area contributed by atoms with Gasteiger partial charge in [0, 0.05) is 49.2 Å². The van der Waals surface area contributed by atoms with Crippen LogP contribution in [0.1, 0.15) is 0 Å². The summed E-state index contributed by atoms with van der Waals surface area (Å²) in [6.45, 7) is 0. The number of fused-ring (bicyclic) bond motifs is 8. The minimum atomic E-state index is 0.686. The summed E-state index contributed by atoms with van der Waals surface area (Å²) in [6, 6.07) is 69.0. The lowest BCUT2D eigenvalue weighted by Gasteiger charge is -2.12. The molecule has 0 radical (unpaired) electrons. The molecule has 0 aliphatic carbocycles. The van der Waals surface area contributed by atoms with Crippen molar-refractivity contribution in [2.45, 2.75) is 0 Å². The van der Waals surface area contributed by atoms with E-state index in [4.69, 9.17) is 23.8 Å². The van der Waals surface area contributed by atoms with Crippen LogP contribution in [0.25, 0.3) is 122 Å². The lowest BCUT2D eigenvalue weighted by Crippen LogP contribution is -1.96. The highest BCUT2D eigenvalue weighted by Gasteiger charge is 2.21. The maximum atomic E-state index is 6.73. The zero-order chi connectivity index (χ0) is 39.6. The highest BCUT2D eigenvalue weighted by Crippen LogP contribution is 2.44. The van der Waals surface area contributed by atoms with Crippen molar-refractivity contribution in [1.29, 1.82) is 0 Å². The number of hydrogen-bond acceptors (Lipinski definition) is 5. The van der Waals surface area contributed by atoms with Crippen molar-refractivity contribution in [3.05, 3.63) is 200 Å². The lowest BCUT2D eigenvalue weighted by molar-refractivity contribution is 0.668. The highest BCUT2D eigenvalue weighted by molar-refractivity contribution is 6.24. The minimum Gasteiger partial charge on any atom is -0.456 e. The number of benzene rings is 8. The van der Waals surface area contributed by atoms with Gasteiger partial charge in [0.1, 0.15) is 22.4 Å². The predicted octanol–water partition coefficient (Wildman–Crippen LogP) is 14.8. The second kappa shape index (κ2) is 13.8. The van der Waals surface area contributed by atoms with E-state index in [0.29, 0.717) is 5.82 Å². The topological polar surface area (TPSA) is 65.0 Å². The van der Waals surface area contributed by atoms with E-state index in [-0.39, 0.29) is 0 Å². The molecule has 0 fully saturated rings. The Hall–Kier alpha value is -8.15. The van der Waals surface area contributed by atoms with Crippen molar-refractivity contribution in [1.82, 2.24) is 15.0 Å². The fourth-order valence-electron chi connectivity index (χ4n) is 8.68. The molecule has 4 aromatic heterocycles. The van der Waals surface area contributed by atoms with Crippen molar-refractivity contribution in [2.24, 2.45) is 0 Å². The van der Waals surface area contributed by atoms with Crippen molar-refractivity contribution >= 4 is 54.8 Å². The first-order valence-corrected chi connectivity index (χ1v) is 20.1. The molecule has 0 amide bonds. The molecule has 0 unspecified atom stereocenters. The Morgan fingerprint density at radius 1 is 0.317 bits per heavy atom. The van der Waals surface area contributed by atoms with Gasteiger partial charge in [-0.2, -0.15) is 0 Å². The van der Waals surface area contributed by atoms with Crippen LogP contribution in [0.5, 0.6) is 0 Å². The molecule has 60 heavy (non-hydrogen) atoms. The molecule has 4 heterocycles. The quantitative estimate of drug-likeness (QED) is 0.169. The Balaban J connectivity index is 0.976. The zero-order valence-electron chi connectivity index (χ0n) is 32.2. The molecule has 0 N–H and O–H groups in total. The Bertz CT molecular complexity index is 3510. The maximum Gasteiger partial charge on any atom is 0.162 e. The van der Waals surface area contributed by atoms with E-state index >= 15 is 0 Å². The molecule has 12 aromatic rings. The zero-order valence-corrected chi connectivity index (χ0v) is 32.2. The average molecular weight is 768 g/mol. The van der Waals surface area contributed by atoms with Crippen molar-refractivity contribution in [2.75, 3.05) is 0 Å².